The molecule has 1 atom stereocenters. The minimum absolute atomic E-state index is 0.0711. The van der Waals surface area contributed by atoms with Crippen molar-refractivity contribution in [1.29, 1.82) is 0 Å². The van der Waals surface area contributed by atoms with E-state index in [0.717, 1.165) is 40.1 Å². The number of amides is 2. The number of hydrogen-bond acceptors (Lipinski definition) is 3. The topological polar surface area (TPSA) is 56.4 Å². The van der Waals surface area contributed by atoms with E-state index in [1.54, 1.807) is 0 Å². The van der Waals surface area contributed by atoms with E-state index in [1.165, 1.54) is 11.6 Å². The van der Waals surface area contributed by atoms with Gasteiger partial charge in [-0.1, -0.05) is 29.8 Å². The first-order valence-corrected chi connectivity index (χ1v) is 10.2. The van der Waals surface area contributed by atoms with Gasteiger partial charge in [-0.3, -0.25) is 14.5 Å². The van der Waals surface area contributed by atoms with Gasteiger partial charge >= 0.3 is 6.18 Å². The smallest absolute Gasteiger partial charge is 0.357 e. The average molecular weight is 448 g/mol. The molecule has 1 fully saturated rings. The average Bonchev–Trinajstić information content (AvgIpc) is 3.24. The van der Waals surface area contributed by atoms with E-state index < -0.39 is 34.6 Å². The summed E-state index contributed by atoms with van der Waals surface area (Å²) in [6.07, 6.45) is -4.04. The lowest BCUT2D eigenvalue weighted by molar-refractivity contribution is -0.137. The number of nitrogens with one attached hydrogen (secondary N) is 1. The summed E-state index contributed by atoms with van der Waals surface area (Å²) in [4.78, 5) is 31.8. The molecule has 160 valence electrons. The van der Waals surface area contributed by atoms with Crippen LogP contribution in [0.25, 0.3) is 10.9 Å². The SMILES string of the molecule is O=C1C[C@H](N2CCc3c([nH]c4ccccc34)C2)C(=O)N1c1ccc(Cl)c(C(F)(F)F)c1. The van der Waals surface area contributed by atoms with Crippen molar-refractivity contribution in [2.45, 2.75) is 31.6 Å². The Morgan fingerprint density at radius 3 is 2.65 bits per heavy atom. The number of halogens is 4. The number of para-hydroxylation sites is 1. The number of H-pyrrole nitrogens is 1. The summed E-state index contributed by atoms with van der Waals surface area (Å²) in [6.45, 7) is 1.05. The van der Waals surface area contributed by atoms with Crippen LogP contribution in [0.4, 0.5) is 18.9 Å². The summed E-state index contributed by atoms with van der Waals surface area (Å²) in [5.74, 6) is -1.03. The first-order valence-electron chi connectivity index (χ1n) is 9.80. The highest BCUT2D eigenvalue weighted by atomic mass is 35.5. The van der Waals surface area contributed by atoms with Crippen molar-refractivity contribution in [2.75, 3.05) is 11.4 Å². The predicted molar refractivity (Wildman–Crippen MR) is 110 cm³/mol. The van der Waals surface area contributed by atoms with Gasteiger partial charge < -0.3 is 4.98 Å². The third-order valence-electron chi connectivity index (χ3n) is 5.99. The molecule has 2 aliphatic rings. The molecule has 1 aromatic heterocycles. The maximum Gasteiger partial charge on any atom is 0.417 e. The summed E-state index contributed by atoms with van der Waals surface area (Å²) in [7, 11) is 0. The van der Waals surface area contributed by atoms with Crippen molar-refractivity contribution in [1.82, 2.24) is 9.88 Å². The Morgan fingerprint density at radius 1 is 1.10 bits per heavy atom. The molecule has 9 heteroatoms. The Hall–Kier alpha value is -2.84. The molecule has 31 heavy (non-hydrogen) atoms. The second kappa shape index (κ2) is 7.10. The minimum Gasteiger partial charge on any atom is -0.357 e. The summed E-state index contributed by atoms with van der Waals surface area (Å²) < 4.78 is 39.7. The molecule has 1 saturated heterocycles. The maximum atomic E-state index is 13.2. The van der Waals surface area contributed by atoms with Crippen LogP contribution in [0.1, 0.15) is 23.2 Å². The number of aromatic nitrogens is 1. The summed E-state index contributed by atoms with van der Waals surface area (Å²) in [5.41, 5.74) is 2.03. The van der Waals surface area contributed by atoms with Crippen LogP contribution in [-0.4, -0.2) is 34.3 Å². The molecule has 0 unspecified atom stereocenters. The number of carbonyl (C=O) groups is 2. The number of rotatable bonds is 2. The number of hydrogen-bond donors (Lipinski definition) is 1. The van der Waals surface area contributed by atoms with Gasteiger partial charge in [0, 0.05) is 29.7 Å². The fourth-order valence-electron chi connectivity index (χ4n) is 4.52. The molecule has 1 N–H and O–H groups in total. The van der Waals surface area contributed by atoms with Crippen LogP contribution in [0, 0.1) is 0 Å². The van der Waals surface area contributed by atoms with Crippen molar-refractivity contribution in [3.63, 3.8) is 0 Å². The number of fused-ring (bicyclic) bond motifs is 3. The van der Waals surface area contributed by atoms with Gasteiger partial charge in [-0.15, -0.1) is 0 Å². The third kappa shape index (κ3) is 3.30. The third-order valence-corrected chi connectivity index (χ3v) is 6.32. The van der Waals surface area contributed by atoms with Crippen LogP contribution in [0.2, 0.25) is 5.02 Å². The van der Waals surface area contributed by atoms with Gasteiger partial charge in [0.15, 0.2) is 0 Å². The van der Waals surface area contributed by atoms with E-state index in [4.69, 9.17) is 11.6 Å². The number of carbonyl (C=O) groups excluding carboxylic acids is 2. The molecule has 2 aliphatic heterocycles. The Balaban J connectivity index is 1.42. The number of nitrogens with zero attached hydrogens (tertiary/aromatic N) is 2. The highest BCUT2D eigenvalue weighted by Crippen LogP contribution is 2.38. The summed E-state index contributed by atoms with van der Waals surface area (Å²) >= 11 is 5.67. The number of anilines is 1. The van der Waals surface area contributed by atoms with Crippen molar-refractivity contribution in [2.24, 2.45) is 0 Å². The van der Waals surface area contributed by atoms with Gasteiger partial charge in [-0.25, -0.2) is 4.90 Å². The molecular weight excluding hydrogens is 431 g/mol. The number of imide groups is 1. The van der Waals surface area contributed by atoms with Gasteiger partial charge in [0.05, 0.1) is 28.7 Å². The van der Waals surface area contributed by atoms with Crippen molar-refractivity contribution in [3.05, 3.63) is 64.3 Å². The van der Waals surface area contributed by atoms with E-state index in [0.29, 0.717) is 13.1 Å². The van der Waals surface area contributed by atoms with Crippen LogP contribution in [-0.2, 0) is 28.7 Å². The fourth-order valence-corrected chi connectivity index (χ4v) is 4.75. The van der Waals surface area contributed by atoms with E-state index in [2.05, 4.69) is 4.98 Å². The first-order chi connectivity index (χ1) is 14.7. The predicted octanol–water partition coefficient (Wildman–Crippen LogP) is 4.53. The highest BCUT2D eigenvalue weighted by molar-refractivity contribution is 6.31. The van der Waals surface area contributed by atoms with E-state index in [9.17, 15) is 22.8 Å². The van der Waals surface area contributed by atoms with Crippen molar-refractivity contribution in [3.8, 4) is 0 Å². The normalized spacial score (nSPS) is 20.0. The molecule has 2 amide bonds. The molecule has 0 bridgehead atoms. The van der Waals surface area contributed by atoms with Gasteiger partial charge in [0.2, 0.25) is 5.91 Å². The Morgan fingerprint density at radius 2 is 1.87 bits per heavy atom. The monoisotopic (exact) mass is 447 g/mol. The largest absolute Gasteiger partial charge is 0.417 e. The van der Waals surface area contributed by atoms with Gasteiger partial charge in [-0.05, 0) is 36.2 Å². The second-order valence-electron chi connectivity index (χ2n) is 7.80. The van der Waals surface area contributed by atoms with Crippen LogP contribution in [0.3, 0.4) is 0 Å². The molecule has 0 spiro atoms. The van der Waals surface area contributed by atoms with Crippen LogP contribution < -0.4 is 4.90 Å². The molecule has 2 aromatic carbocycles. The molecule has 0 radical (unpaired) electrons. The lowest BCUT2D eigenvalue weighted by atomic mass is 10.0. The lowest BCUT2D eigenvalue weighted by Gasteiger charge is -2.30. The summed E-state index contributed by atoms with van der Waals surface area (Å²) in [5, 5.41) is 0.669. The molecule has 0 saturated carbocycles. The van der Waals surface area contributed by atoms with Crippen LogP contribution in [0.15, 0.2) is 42.5 Å². The van der Waals surface area contributed by atoms with Gasteiger partial charge in [-0.2, -0.15) is 13.2 Å². The Labute approximate surface area is 180 Å². The minimum atomic E-state index is -4.68. The van der Waals surface area contributed by atoms with Crippen molar-refractivity contribution >= 4 is 40.0 Å². The summed E-state index contributed by atoms with van der Waals surface area (Å²) in [6, 6.07) is 10.3. The van der Waals surface area contributed by atoms with Crippen molar-refractivity contribution < 1.29 is 22.8 Å². The molecule has 5 nitrogen and oxygen atoms in total. The number of aromatic amines is 1. The van der Waals surface area contributed by atoms with Crippen LogP contribution >= 0.6 is 11.6 Å². The highest BCUT2D eigenvalue weighted by Gasteiger charge is 2.44. The maximum absolute atomic E-state index is 13.2. The van der Waals surface area contributed by atoms with Gasteiger partial charge in [0.25, 0.3) is 5.91 Å². The number of alkyl halides is 3. The Bertz CT molecular complexity index is 1220. The quantitative estimate of drug-likeness (QED) is 0.587. The van der Waals surface area contributed by atoms with E-state index >= 15 is 0 Å². The molecule has 3 heterocycles. The second-order valence-corrected chi connectivity index (χ2v) is 8.20. The molecule has 0 aliphatic carbocycles. The lowest BCUT2D eigenvalue weighted by Crippen LogP contribution is -2.44. The molecular formula is C22H17ClF3N3O2. The molecule has 5 rings (SSSR count). The number of benzene rings is 2. The zero-order valence-corrected chi connectivity index (χ0v) is 16.9. The van der Waals surface area contributed by atoms with Crippen LogP contribution in [0.5, 0.6) is 0 Å². The van der Waals surface area contributed by atoms with E-state index in [-0.39, 0.29) is 12.1 Å². The van der Waals surface area contributed by atoms with Gasteiger partial charge in [0.1, 0.15) is 0 Å². The van der Waals surface area contributed by atoms with E-state index in [1.807, 2.05) is 29.2 Å². The Kier molecular flexibility index (Phi) is 4.60. The zero-order chi connectivity index (χ0) is 21.9. The zero-order valence-electron chi connectivity index (χ0n) is 16.2. The first kappa shape index (κ1) is 20.1. The molecule has 3 aromatic rings. The standard InChI is InChI=1S/C22H17ClF3N3O2/c23-16-6-5-12(9-15(16)22(24,25)26)29-20(30)10-19(21(29)31)28-8-7-14-13-3-1-2-4-17(13)27-18(14)11-28/h1-6,9,19,27H,7-8,10-11H2/t19-/m0/s1. The fraction of sp³-hybridized carbons (Fsp3) is 0.273.